The number of ether oxygens (including phenoxy) is 1. The molecule has 0 radical (unpaired) electrons. The summed E-state index contributed by atoms with van der Waals surface area (Å²) in [5.74, 6) is -0.308. The maximum atomic E-state index is 12.9. The van der Waals surface area contributed by atoms with Crippen LogP contribution in [0.15, 0.2) is 35.4 Å². The van der Waals surface area contributed by atoms with Crippen molar-refractivity contribution in [1.29, 1.82) is 0 Å². The fourth-order valence-electron chi connectivity index (χ4n) is 4.34. The van der Waals surface area contributed by atoms with Gasteiger partial charge in [-0.05, 0) is 30.3 Å². The average molecular weight is 652 g/mol. The largest absolute Gasteiger partial charge is 0.409 e. The lowest BCUT2D eigenvalue weighted by molar-refractivity contribution is -0.384. The van der Waals surface area contributed by atoms with E-state index in [0.717, 1.165) is 12.1 Å². The van der Waals surface area contributed by atoms with Crippen LogP contribution in [0.4, 0.5) is 11.6 Å². The predicted molar refractivity (Wildman–Crippen MR) is 163 cm³/mol. The lowest BCUT2D eigenvalue weighted by atomic mass is 10.2. The number of hydrogen-bond donors (Lipinski definition) is 2. The zero-order valence-electron chi connectivity index (χ0n) is 25.6. The van der Waals surface area contributed by atoms with Crippen molar-refractivity contribution in [2.45, 2.75) is 77.1 Å². The van der Waals surface area contributed by atoms with Gasteiger partial charge < -0.3 is 13.3 Å². The number of aromatic nitrogens is 4. The topological polar surface area (TPSA) is 201 Å². The number of nitro benzene ring substituents is 1. The van der Waals surface area contributed by atoms with Crippen molar-refractivity contribution >= 4 is 47.3 Å². The Morgan fingerprint density at radius 1 is 1.30 bits per heavy atom. The Balaban J connectivity index is 1.61. The third kappa shape index (κ3) is 7.15. The lowest BCUT2D eigenvalue weighted by Gasteiger charge is -2.39. The summed E-state index contributed by atoms with van der Waals surface area (Å²) in [5.41, 5.74) is -0.523. The number of nitro groups is 1. The fourth-order valence-corrected chi connectivity index (χ4v) is 6.48. The molecule has 4 rings (SSSR count). The van der Waals surface area contributed by atoms with Crippen molar-refractivity contribution in [3.05, 3.63) is 51.1 Å². The Morgan fingerprint density at radius 3 is 2.55 bits per heavy atom. The molecule has 1 fully saturated rings. The maximum Gasteiger partial charge on any atom is 0.382 e. The SMILES string of the molecule is CCC(=O)N(C)c1nc2c(ncn2[C@@H]2O[C@H](CNS(=O)(=O)Oc3ccc([N+](=O)[O-])cc3)C[C@H]2O[Si](C)(C)C(C)(C)C)c(=O)[nH]1. The molecule has 3 aromatic rings. The highest BCUT2D eigenvalue weighted by atomic mass is 32.2. The van der Waals surface area contributed by atoms with Gasteiger partial charge in [0, 0.05) is 38.6 Å². The summed E-state index contributed by atoms with van der Waals surface area (Å²) in [6, 6.07) is 4.63. The summed E-state index contributed by atoms with van der Waals surface area (Å²) >= 11 is 0. The van der Waals surface area contributed by atoms with Gasteiger partial charge in [0.05, 0.1) is 23.5 Å². The minimum absolute atomic E-state index is 0.0430. The molecule has 3 atom stereocenters. The van der Waals surface area contributed by atoms with Crippen LogP contribution in [0.5, 0.6) is 5.75 Å². The summed E-state index contributed by atoms with van der Waals surface area (Å²) in [4.78, 5) is 48.0. The molecule has 3 heterocycles. The molecule has 44 heavy (non-hydrogen) atoms. The highest BCUT2D eigenvalue weighted by molar-refractivity contribution is 7.85. The zero-order chi connectivity index (χ0) is 32.6. The van der Waals surface area contributed by atoms with Crippen LogP contribution in [-0.2, 0) is 24.3 Å². The third-order valence-electron chi connectivity index (χ3n) is 7.83. The van der Waals surface area contributed by atoms with Crippen molar-refractivity contribution in [2.75, 3.05) is 18.5 Å². The number of non-ortho nitro benzene ring substituents is 1. The van der Waals surface area contributed by atoms with Crippen LogP contribution in [0.3, 0.4) is 0 Å². The first-order valence-electron chi connectivity index (χ1n) is 13.9. The summed E-state index contributed by atoms with van der Waals surface area (Å²) < 4.78 is 47.4. The molecule has 240 valence electrons. The van der Waals surface area contributed by atoms with Gasteiger partial charge in [0.25, 0.3) is 11.2 Å². The van der Waals surface area contributed by atoms with Gasteiger partial charge in [0.2, 0.25) is 11.9 Å². The Hall–Kier alpha value is -3.71. The van der Waals surface area contributed by atoms with Crippen LogP contribution < -0.4 is 19.4 Å². The Labute approximate surface area is 255 Å². The van der Waals surface area contributed by atoms with Crippen LogP contribution in [-0.4, -0.2) is 72.9 Å². The maximum absolute atomic E-state index is 12.9. The molecule has 0 aliphatic carbocycles. The second-order valence-electron chi connectivity index (χ2n) is 12.0. The van der Waals surface area contributed by atoms with E-state index in [-0.39, 0.29) is 52.5 Å². The molecule has 1 saturated heterocycles. The minimum Gasteiger partial charge on any atom is -0.409 e. The molecule has 2 N–H and O–H groups in total. The molecular weight excluding hydrogens is 614 g/mol. The molecule has 1 aliphatic rings. The minimum atomic E-state index is -4.31. The van der Waals surface area contributed by atoms with Gasteiger partial charge >= 0.3 is 10.3 Å². The molecule has 18 heteroatoms. The van der Waals surface area contributed by atoms with E-state index in [1.54, 1.807) is 11.5 Å². The lowest BCUT2D eigenvalue weighted by Crippen LogP contribution is -2.45. The Bertz CT molecular complexity index is 1700. The number of carbonyl (C=O) groups excluding carboxylic acids is 1. The number of nitrogens with zero attached hydrogens (tertiary/aromatic N) is 5. The standard InChI is InChI=1S/C26H37N7O9SSi/c1-8-20(34)31(5)25-29-22-21(23(35)30-25)27-15-32(22)24-19(42-44(6,7)26(2,3)4)13-18(40-24)14-28-43(38,39)41-17-11-9-16(10-12-17)33(36)37/h9-12,15,18-19,24,28H,8,13-14H2,1-7H3,(H,29,30,35)/t18-,19+,24+/m0/s1. The number of fused-ring (bicyclic) bond motifs is 1. The molecule has 1 aromatic carbocycles. The second kappa shape index (κ2) is 12.4. The van der Waals surface area contributed by atoms with Gasteiger partial charge in [-0.25, -0.2) is 4.98 Å². The van der Waals surface area contributed by atoms with Gasteiger partial charge in [0.15, 0.2) is 25.7 Å². The third-order valence-corrected chi connectivity index (χ3v) is 13.3. The first kappa shape index (κ1) is 33.2. The average Bonchev–Trinajstić information content (AvgIpc) is 3.54. The van der Waals surface area contributed by atoms with Gasteiger partial charge in [-0.15, -0.1) is 0 Å². The fraction of sp³-hybridized carbons (Fsp3) is 0.538. The van der Waals surface area contributed by atoms with Gasteiger partial charge in [-0.3, -0.25) is 34.2 Å². The van der Waals surface area contributed by atoms with Gasteiger partial charge in [-0.2, -0.15) is 18.1 Å². The van der Waals surface area contributed by atoms with Crippen LogP contribution in [0, 0.1) is 10.1 Å². The van der Waals surface area contributed by atoms with Crippen LogP contribution in [0.25, 0.3) is 11.2 Å². The molecule has 1 aliphatic heterocycles. The first-order valence-corrected chi connectivity index (χ1v) is 18.2. The van der Waals surface area contributed by atoms with Gasteiger partial charge in [-0.1, -0.05) is 27.7 Å². The van der Waals surface area contributed by atoms with Crippen molar-refractivity contribution in [3.8, 4) is 5.75 Å². The van der Waals surface area contributed by atoms with E-state index in [0.29, 0.717) is 6.42 Å². The first-order chi connectivity index (χ1) is 20.4. The smallest absolute Gasteiger partial charge is 0.382 e. The summed E-state index contributed by atoms with van der Waals surface area (Å²) in [6.07, 6.45) is -0.145. The van der Waals surface area contributed by atoms with Crippen molar-refractivity contribution < 1.29 is 31.5 Å². The number of rotatable bonds is 11. The molecule has 0 saturated carbocycles. The monoisotopic (exact) mass is 651 g/mol. The van der Waals surface area contributed by atoms with E-state index in [9.17, 15) is 28.1 Å². The molecule has 1 amide bonds. The quantitative estimate of drug-likeness (QED) is 0.175. The van der Waals surface area contributed by atoms with Crippen LogP contribution in [0.1, 0.15) is 46.8 Å². The summed E-state index contributed by atoms with van der Waals surface area (Å²) in [7, 11) is -5.18. The number of carbonyl (C=O) groups is 1. The Kier molecular flexibility index (Phi) is 9.31. The van der Waals surface area contributed by atoms with E-state index >= 15 is 0 Å². The van der Waals surface area contributed by atoms with Crippen molar-refractivity contribution in [1.82, 2.24) is 24.2 Å². The predicted octanol–water partition coefficient (Wildman–Crippen LogP) is 2.99. The second-order valence-corrected chi connectivity index (χ2v) is 18.1. The molecular formula is C26H37N7O9SSi. The number of nitrogens with one attached hydrogen (secondary N) is 2. The zero-order valence-corrected chi connectivity index (χ0v) is 27.4. The molecule has 0 bridgehead atoms. The highest BCUT2D eigenvalue weighted by Crippen LogP contribution is 2.42. The summed E-state index contributed by atoms with van der Waals surface area (Å²) in [6.45, 7) is 11.9. The van der Waals surface area contributed by atoms with E-state index < -0.39 is 47.5 Å². The number of H-pyrrole nitrogens is 1. The molecule has 0 unspecified atom stereocenters. The van der Waals surface area contributed by atoms with E-state index in [1.165, 1.54) is 30.4 Å². The Morgan fingerprint density at radius 2 is 1.95 bits per heavy atom. The number of imidazole rings is 1. The molecule has 0 spiro atoms. The van der Waals surface area contributed by atoms with E-state index in [2.05, 4.69) is 53.5 Å². The number of amides is 1. The van der Waals surface area contributed by atoms with Crippen molar-refractivity contribution in [3.63, 3.8) is 0 Å². The molecule has 2 aromatic heterocycles. The van der Waals surface area contributed by atoms with Gasteiger partial charge in [0.1, 0.15) is 5.75 Å². The summed E-state index contributed by atoms with van der Waals surface area (Å²) in [5, 5.41) is 10.7. The number of aromatic amines is 1. The normalized spacial score (nSPS) is 19.3. The van der Waals surface area contributed by atoms with E-state index in [4.69, 9.17) is 13.3 Å². The number of hydrogen-bond acceptors (Lipinski definition) is 11. The van der Waals surface area contributed by atoms with Crippen LogP contribution in [0.2, 0.25) is 18.1 Å². The van der Waals surface area contributed by atoms with E-state index in [1.807, 2.05) is 0 Å². The highest BCUT2D eigenvalue weighted by Gasteiger charge is 2.46. The number of anilines is 1. The van der Waals surface area contributed by atoms with Crippen LogP contribution >= 0.6 is 0 Å². The molecule has 16 nitrogen and oxygen atoms in total. The van der Waals surface area contributed by atoms with Crippen molar-refractivity contribution in [2.24, 2.45) is 0 Å². The number of benzene rings is 1.